The number of ether oxygens (including phenoxy) is 1. The number of anilines is 2. The number of benzene rings is 2. The maximum atomic E-state index is 12.4. The molecule has 1 heterocycles. The maximum absolute atomic E-state index is 12.4. The van der Waals surface area contributed by atoms with Crippen molar-refractivity contribution < 1.29 is 14.3 Å². The first kappa shape index (κ1) is 17.3. The van der Waals surface area contributed by atoms with E-state index in [4.69, 9.17) is 10.00 Å². The molecule has 0 unspecified atom stereocenters. The number of nitrogens with zero attached hydrogens (tertiary/aromatic N) is 2. The van der Waals surface area contributed by atoms with Gasteiger partial charge in [0, 0.05) is 12.7 Å². The van der Waals surface area contributed by atoms with Gasteiger partial charge in [0.1, 0.15) is 5.75 Å². The highest BCUT2D eigenvalue weighted by molar-refractivity contribution is 5.95. The average molecular weight is 350 g/mol. The molecule has 132 valence electrons. The summed E-state index contributed by atoms with van der Waals surface area (Å²) in [7, 11) is 1.55. The highest BCUT2D eigenvalue weighted by atomic mass is 16.5. The molecule has 0 radical (unpaired) electrons. The zero-order chi connectivity index (χ0) is 18.5. The van der Waals surface area contributed by atoms with Crippen LogP contribution in [-0.4, -0.2) is 38.1 Å². The molecule has 2 aromatic rings. The van der Waals surface area contributed by atoms with Crippen molar-refractivity contribution in [1.29, 1.82) is 5.26 Å². The van der Waals surface area contributed by atoms with Crippen molar-refractivity contribution in [2.45, 2.75) is 6.10 Å². The molecule has 26 heavy (non-hydrogen) atoms. The minimum absolute atomic E-state index is 0.0773. The van der Waals surface area contributed by atoms with E-state index >= 15 is 0 Å². The molecule has 1 aliphatic rings. The maximum Gasteiger partial charge on any atom is 0.262 e. The SMILES string of the molecule is CNC(=O)[C@H]1CN(CC(=O)Nc2ccc(C#N)cc2)c2ccccc2O1. The zero-order valence-corrected chi connectivity index (χ0v) is 14.2. The van der Waals surface area contributed by atoms with Gasteiger partial charge in [-0.15, -0.1) is 0 Å². The Bertz CT molecular complexity index is 858. The number of para-hydroxylation sites is 2. The van der Waals surface area contributed by atoms with Crippen molar-refractivity contribution in [3.8, 4) is 11.8 Å². The van der Waals surface area contributed by atoms with Gasteiger partial charge >= 0.3 is 0 Å². The number of fused-ring (bicyclic) bond motifs is 1. The van der Waals surface area contributed by atoms with Crippen LogP contribution in [0.2, 0.25) is 0 Å². The number of nitrogens with one attached hydrogen (secondary N) is 2. The molecule has 0 saturated carbocycles. The van der Waals surface area contributed by atoms with Crippen LogP contribution in [0.4, 0.5) is 11.4 Å². The van der Waals surface area contributed by atoms with E-state index in [-0.39, 0.29) is 24.9 Å². The van der Waals surface area contributed by atoms with Crippen LogP contribution in [0, 0.1) is 11.3 Å². The molecule has 0 saturated heterocycles. The Balaban J connectivity index is 1.73. The normalized spacial score (nSPS) is 15.2. The number of hydrogen-bond donors (Lipinski definition) is 2. The molecule has 1 aliphatic heterocycles. The summed E-state index contributed by atoms with van der Waals surface area (Å²) in [6.07, 6.45) is -0.683. The first-order valence-electron chi connectivity index (χ1n) is 8.13. The summed E-state index contributed by atoms with van der Waals surface area (Å²) in [5.74, 6) is 0.109. The minimum Gasteiger partial charge on any atom is -0.477 e. The minimum atomic E-state index is -0.683. The molecular formula is C19H18N4O3. The molecule has 7 heteroatoms. The van der Waals surface area contributed by atoms with Crippen molar-refractivity contribution >= 4 is 23.2 Å². The number of carbonyl (C=O) groups excluding carboxylic acids is 2. The van der Waals surface area contributed by atoms with Gasteiger partial charge in [0.2, 0.25) is 5.91 Å². The molecular weight excluding hydrogens is 332 g/mol. The number of likely N-dealkylation sites (N-methyl/N-ethyl adjacent to an activating group) is 1. The molecule has 0 aliphatic carbocycles. The Labute approximate surface area is 151 Å². The Morgan fingerprint density at radius 3 is 2.65 bits per heavy atom. The quantitative estimate of drug-likeness (QED) is 0.872. The second kappa shape index (κ2) is 7.57. The molecule has 0 aromatic heterocycles. The Morgan fingerprint density at radius 2 is 1.96 bits per heavy atom. The molecule has 1 atom stereocenters. The van der Waals surface area contributed by atoms with E-state index in [9.17, 15) is 9.59 Å². The van der Waals surface area contributed by atoms with E-state index in [0.717, 1.165) is 5.69 Å². The molecule has 2 aromatic carbocycles. The predicted octanol–water partition coefficient (Wildman–Crippen LogP) is 1.51. The predicted molar refractivity (Wildman–Crippen MR) is 96.9 cm³/mol. The first-order chi connectivity index (χ1) is 12.6. The number of amides is 2. The first-order valence-corrected chi connectivity index (χ1v) is 8.13. The summed E-state index contributed by atoms with van der Waals surface area (Å²) in [6.45, 7) is 0.353. The average Bonchev–Trinajstić information content (AvgIpc) is 2.67. The van der Waals surface area contributed by atoms with Crippen LogP contribution in [0.25, 0.3) is 0 Å². The third kappa shape index (κ3) is 3.75. The molecule has 2 N–H and O–H groups in total. The zero-order valence-electron chi connectivity index (χ0n) is 14.2. The topological polar surface area (TPSA) is 94.5 Å². The molecule has 0 fully saturated rings. The van der Waals surface area contributed by atoms with Crippen molar-refractivity contribution in [3.63, 3.8) is 0 Å². The largest absolute Gasteiger partial charge is 0.477 e. The third-order valence-corrected chi connectivity index (χ3v) is 4.03. The smallest absolute Gasteiger partial charge is 0.262 e. The lowest BCUT2D eigenvalue weighted by Crippen LogP contribution is -2.50. The Kier molecular flexibility index (Phi) is 5.04. The van der Waals surface area contributed by atoms with E-state index < -0.39 is 6.10 Å². The fourth-order valence-corrected chi connectivity index (χ4v) is 2.76. The van der Waals surface area contributed by atoms with Gasteiger partial charge < -0.3 is 20.3 Å². The summed E-state index contributed by atoms with van der Waals surface area (Å²) in [4.78, 5) is 26.2. The van der Waals surface area contributed by atoms with Gasteiger partial charge in [-0.3, -0.25) is 9.59 Å². The second-order valence-electron chi connectivity index (χ2n) is 5.81. The van der Waals surface area contributed by atoms with Crippen LogP contribution in [0.1, 0.15) is 5.56 Å². The fraction of sp³-hybridized carbons (Fsp3) is 0.211. The van der Waals surface area contributed by atoms with Crippen LogP contribution in [0.5, 0.6) is 5.75 Å². The lowest BCUT2D eigenvalue weighted by Gasteiger charge is -2.34. The summed E-state index contributed by atoms with van der Waals surface area (Å²) in [6, 6.07) is 16.0. The summed E-state index contributed by atoms with van der Waals surface area (Å²) >= 11 is 0. The number of rotatable bonds is 4. The van der Waals surface area contributed by atoms with Crippen molar-refractivity contribution in [3.05, 3.63) is 54.1 Å². The van der Waals surface area contributed by atoms with Crippen molar-refractivity contribution in [2.24, 2.45) is 0 Å². The van der Waals surface area contributed by atoms with E-state index in [2.05, 4.69) is 10.6 Å². The van der Waals surface area contributed by atoms with E-state index in [1.807, 2.05) is 29.2 Å². The molecule has 2 amide bonds. The molecule has 0 bridgehead atoms. The number of nitriles is 1. The highest BCUT2D eigenvalue weighted by Crippen LogP contribution is 2.32. The van der Waals surface area contributed by atoms with E-state index in [1.54, 1.807) is 37.4 Å². The van der Waals surface area contributed by atoms with Gasteiger partial charge in [-0.1, -0.05) is 12.1 Å². The van der Waals surface area contributed by atoms with Gasteiger partial charge in [-0.2, -0.15) is 5.26 Å². The van der Waals surface area contributed by atoms with Gasteiger partial charge in [-0.25, -0.2) is 0 Å². The van der Waals surface area contributed by atoms with Crippen LogP contribution in [0.15, 0.2) is 48.5 Å². The van der Waals surface area contributed by atoms with E-state index in [1.165, 1.54) is 0 Å². The van der Waals surface area contributed by atoms with Crippen LogP contribution in [-0.2, 0) is 9.59 Å². The third-order valence-electron chi connectivity index (χ3n) is 4.03. The lowest BCUT2D eigenvalue weighted by molar-refractivity contribution is -0.127. The van der Waals surface area contributed by atoms with Gasteiger partial charge in [-0.05, 0) is 36.4 Å². The standard InChI is InChI=1S/C19H18N4O3/c1-21-19(25)17-11-23(15-4-2-3-5-16(15)26-17)12-18(24)22-14-8-6-13(10-20)7-9-14/h2-9,17H,11-12H2,1H3,(H,21,25)(H,22,24)/t17-/m1/s1. The van der Waals surface area contributed by atoms with Gasteiger partial charge in [0.05, 0.1) is 30.4 Å². The highest BCUT2D eigenvalue weighted by Gasteiger charge is 2.30. The number of hydrogen-bond acceptors (Lipinski definition) is 5. The van der Waals surface area contributed by atoms with Gasteiger partial charge in [0.25, 0.3) is 5.91 Å². The van der Waals surface area contributed by atoms with Crippen LogP contribution in [0.3, 0.4) is 0 Å². The molecule has 0 spiro atoms. The van der Waals surface area contributed by atoms with Gasteiger partial charge in [0.15, 0.2) is 6.10 Å². The van der Waals surface area contributed by atoms with Crippen molar-refractivity contribution in [2.75, 3.05) is 30.4 Å². The summed E-state index contributed by atoms with van der Waals surface area (Å²) in [5, 5.41) is 14.2. The van der Waals surface area contributed by atoms with Crippen molar-refractivity contribution in [1.82, 2.24) is 5.32 Å². The van der Waals surface area contributed by atoms with Crippen LogP contribution >= 0.6 is 0 Å². The Morgan fingerprint density at radius 1 is 1.23 bits per heavy atom. The molecule has 3 rings (SSSR count). The fourth-order valence-electron chi connectivity index (χ4n) is 2.76. The Hall–Kier alpha value is -3.53. The molecule has 7 nitrogen and oxygen atoms in total. The summed E-state index contributed by atoms with van der Waals surface area (Å²) in [5.41, 5.74) is 1.90. The monoisotopic (exact) mass is 350 g/mol. The number of carbonyl (C=O) groups is 2. The van der Waals surface area contributed by atoms with Crippen LogP contribution < -0.4 is 20.3 Å². The second-order valence-corrected chi connectivity index (χ2v) is 5.81. The lowest BCUT2D eigenvalue weighted by atomic mass is 10.1. The van der Waals surface area contributed by atoms with E-state index in [0.29, 0.717) is 17.0 Å². The summed E-state index contributed by atoms with van der Waals surface area (Å²) < 4.78 is 5.72.